The van der Waals surface area contributed by atoms with Gasteiger partial charge in [-0.2, -0.15) is 5.10 Å². The van der Waals surface area contributed by atoms with E-state index in [1.165, 1.54) is 12.1 Å². The SMILES string of the molecule is Cc1cc(C)n(CC(=O)NNC(=O)CCc2ccc(F)cc2)n1. The molecule has 1 heterocycles. The lowest BCUT2D eigenvalue weighted by Gasteiger charge is -2.08. The summed E-state index contributed by atoms with van der Waals surface area (Å²) in [5, 5.41) is 4.17. The van der Waals surface area contributed by atoms with Gasteiger partial charge in [0.25, 0.3) is 5.91 Å². The highest BCUT2D eigenvalue weighted by atomic mass is 19.1. The summed E-state index contributed by atoms with van der Waals surface area (Å²) in [6, 6.07) is 7.83. The number of hydrogen-bond donors (Lipinski definition) is 2. The van der Waals surface area contributed by atoms with Gasteiger partial charge in [0.15, 0.2) is 0 Å². The van der Waals surface area contributed by atoms with Crippen LogP contribution in [0.1, 0.15) is 23.4 Å². The van der Waals surface area contributed by atoms with Crippen molar-refractivity contribution in [2.24, 2.45) is 0 Å². The van der Waals surface area contributed by atoms with Crippen LogP contribution in [0, 0.1) is 19.7 Å². The van der Waals surface area contributed by atoms with Gasteiger partial charge in [-0.3, -0.25) is 25.1 Å². The maximum absolute atomic E-state index is 12.8. The monoisotopic (exact) mass is 318 g/mol. The second-order valence-electron chi connectivity index (χ2n) is 5.31. The normalized spacial score (nSPS) is 10.4. The molecule has 0 fully saturated rings. The summed E-state index contributed by atoms with van der Waals surface area (Å²) < 4.78 is 14.3. The summed E-state index contributed by atoms with van der Waals surface area (Å²) >= 11 is 0. The van der Waals surface area contributed by atoms with E-state index in [1.807, 2.05) is 19.9 Å². The van der Waals surface area contributed by atoms with Crippen LogP contribution in [0.15, 0.2) is 30.3 Å². The Kier molecular flexibility index (Phi) is 5.46. The summed E-state index contributed by atoms with van der Waals surface area (Å²) in [5.41, 5.74) is 7.27. The lowest BCUT2D eigenvalue weighted by Crippen LogP contribution is -2.43. The van der Waals surface area contributed by atoms with E-state index in [0.29, 0.717) is 6.42 Å². The number of hydrogen-bond acceptors (Lipinski definition) is 3. The van der Waals surface area contributed by atoms with Crippen molar-refractivity contribution in [1.29, 1.82) is 0 Å². The number of rotatable bonds is 5. The first kappa shape index (κ1) is 16.7. The van der Waals surface area contributed by atoms with E-state index in [9.17, 15) is 14.0 Å². The van der Waals surface area contributed by atoms with E-state index in [-0.39, 0.29) is 30.6 Å². The second-order valence-corrected chi connectivity index (χ2v) is 5.31. The average Bonchev–Trinajstić information content (AvgIpc) is 2.82. The Hall–Kier alpha value is -2.70. The van der Waals surface area contributed by atoms with Crippen LogP contribution in [0.25, 0.3) is 0 Å². The fourth-order valence-corrected chi connectivity index (χ4v) is 2.12. The van der Waals surface area contributed by atoms with Crippen molar-refractivity contribution in [3.05, 3.63) is 53.1 Å². The van der Waals surface area contributed by atoms with Gasteiger partial charge >= 0.3 is 0 Å². The minimum Gasteiger partial charge on any atom is -0.273 e. The molecule has 23 heavy (non-hydrogen) atoms. The largest absolute Gasteiger partial charge is 0.273 e. The fraction of sp³-hybridized carbons (Fsp3) is 0.312. The van der Waals surface area contributed by atoms with Gasteiger partial charge in [0, 0.05) is 12.1 Å². The highest BCUT2D eigenvalue weighted by Gasteiger charge is 2.08. The smallest absolute Gasteiger partial charge is 0.260 e. The molecule has 2 N–H and O–H groups in total. The van der Waals surface area contributed by atoms with Crippen molar-refractivity contribution < 1.29 is 14.0 Å². The highest BCUT2D eigenvalue weighted by molar-refractivity contribution is 5.81. The minimum atomic E-state index is -0.355. The number of aryl methyl sites for hydroxylation is 3. The first-order valence-electron chi connectivity index (χ1n) is 7.27. The molecular weight excluding hydrogens is 299 g/mol. The zero-order chi connectivity index (χ0) is 16.8. The van der Waals surface area contributed by atoms with Gasteiger partial charge in [-0.25, -0.2) is 4.39 Å². The molecule has 0 atom stereocenters. The third-order valence-electron chi connectivity index (χ3n) is 3.29. The molecule has 0 unspecified atom stereocenters. The zero-order valence-corrected chi connectivity index (χ0v) is 13.1. The van der Waals surface area contributed by atoms with Crippen molar-refractivity contribution in [3.63, 3.8) is 0 Å². The van der Waals surface area contributed by atoms with E-state index >= 15 is 0 Å². The van der Waals surface area contributed by atoms with Crippen LogP contribution in [-0.2, 0) is 22.6 Å². The van der Waals surface area contributed by atoms with Crippen LogP contribution < -0.4 is 10.9 Å². The van der Waals surface area contributed by atoms with Crippen molar-refractivity contribution in [2.45, 2.75) is 33.2 Å². The van der Waals surface area contributed by atoms with E-state index < -0.39 is 0 Å². The first-order valence-corrected chi connectivity index (χ1v) is 7.27. The molecule has 0 aliphatic rings. The van der Waals surface area contributed by atoms with Gasteiger partial charge in [0.2, 0.25) is 5.91 Å². The molecule has 2 rings (SSSR count). The molecule has 0 bridgehead atoms. The lowest BCUT2D eigenvalue weighted by molar-refractivity contribution is -0.129. The quantitative estimate of drug-likeness (QED) is 0.819. The maximum atomic E-state index is 12.8. The average molecular weight is 318 g/mol. The molecule has 122 valence electrons. The Balaban J connectivity index is 1.72. The minimum absolute atomic E-state index is 0.0396. The van der Waals surface area contributed by atoms with Gasteiger partial charge in [-0.15, -0.1) is 0 Å². The third-order valence-corrected chi connectivity index (χ3v) is 3.29. The lowest BCUT2D eigenvalue weighted by atomic mass is 10.1. The predicted molar refractivity (Wildman–Crippen MR) is 82.7 cm³/mol. The summed E-state index contributed by atoms with van der Waals surface area (Å²) in [7, 11) is 0. The summed E-state index contributed by atoms with van der Waals surface area (Å²) in [5.74, 6) is -0.975. The molecule has 0 radical (unpaired) electrons. The van der Waals surface area contributed by atoms with Crippen LogP contribution in [0.2, 0.25) is 0 Å². The molecule has 0 aliphatic carbocycles. The Morgan fingerprint density at radius 2 is 1.78 bits per heavy atom. The first-order chi connectivity index (χ1) is 10.9. The molecule has 7 heteroatoms. The highest BCUT2D eigenvalue weighted by Crippen LogP contribution is 2.05. The number of hydrazine groups is 1. The van der Waals surface area contributed by atoms with Gasteiger partial charge in [-0.1, -0.05) is 12.1 Å². The molecule has 0 spiro atoms. The summed E-state index contributed by atoms with van der Waals surface area (Å²) in [4.78, 5) is 23.5. The summed E-state index contributed by atoms with van der Waals surface area (Å²) in [6.45, 7) is 3.74. The Morgan fingerprint density at radius 3 is 2.39 bits per heavy atom. The van der Waals surface area contributed by atoms with Crippen LogP contribution in [-0.4, -0.2) is 21.6 Å². The number of halogens is 1. The molecule has 6 nitrogen and oxygen atoms in total. The zero-order valence-electron chi connectivity index (χ0n) is 13.1. The molecule has 0 aliphatic heterocycles. The number of nitrogens with zero attached hydrogens (tertiary/aromatic N) is 2. The van der Waals surface area contributed by atoms with Gasteiger partial charge < -0.3 is 0 Å². The molecule has 2 amide bonds. The standard InChI is InChI=1S/C16H19FN4O2/c1-11-9-12(2)21(20-11)10-16(23)19-18-15(22)8-5-13-3-6-14(17)7-4-13/h3-4,6-7,9H,5,8,10H2,1-2H3,(H,18,22)(H,19,23). The topological polar surface area (TPSA) is 76.0 Å². The van der Waals surface area contributed by atoms with E-state index in [2.05, 4.69) is 16.0 Å². The molecule has 1 aromatic carbocycles. The number of carbonyl (C=O) groups is 2. The summed E-state index contributed by atoms with van der Waals surface area (Å²) in [6.07, 6.45) is 0.672. The van der Waals surface area contributed by atoms with Crippen molar-refractivity contribution in [3.8, 4) is 0 Å². The van der Waals surface area contributed by atoms with E-state index in [4.69, 9.17) is 0 Å². The molecule has 0 saturated heterocycles. The van der Waals surface area contributed by atoms with Crippen LogP contribution in [0.3, 0.4) is 0 Å². The van der Waals surface area contributed by atoms with Gasteiger partial charge in [0.05, 0.1) is 5.69 Å². The Morgan fingerprint density at radius 1 is 1.13 bits per heavy atom. The Bertz CT molecular complexity index is 695. The number of aromatic nitrogens is 2. The maximum Gasteiger partial charge on any atom is 0.260 e. The molecule has 1 aromatic heterocycles. The Labute approximate surface area is 133 Å². The second kappa shape index (κ2) is 7.53. The van der Waals surface area contributed by atoms with E-state index in [0.717, 1.165) is 17.0 Å². The van der Waals surface area contributed by atoms with Gasteiger partial charge in [-0.05, 0) is 44.0 Å². The number of amides is 2. The van der Waals surface area contributed by atoms with Crippen LogP contribution >= 0.6 is 0 Å². The van der Waals surface area contributed by atoms with Crippen LogP contribution in [0.4, 0.5) is 4.39 Å². The number of nitrogens with one attached hydrogen (secondary N) is 2. The van der Waals surface area contributed by atoms with Crippen molar-refractivity contribution in [2.75, 3.05) is 0 Å². The van der Waals surface area contributed by atoms with E-state index in [1.54, 1.807) is 16.8 Å². The predicted octanol–water partition coefficient (Wildman–Crippen LogP) is 1.42. The molecular formula is C16H19FN4O2. The van der Waals surface area contributed by atoms with Crippen molar-refractivity contribution in [1.82, 2.24) is 20.6 Å². The van der Waals surface area contributed by atoms with Gasteiger partial charge in [0.1, 0.15) is 12.4 Å². The van der Waals surface area contributed by atoms with Crippen LogP contribution in [0.5, 0.6) is 0 Å². The van der Waals surface area contributed by atoms with Crippen molar-refractivity contribution >= 4 is 11.8 Å². The third kappa shape index (κ3) is 5.21. The number of carbonyl (C=O) groups excluding carboxylic acids is 2. The number of benzene rings is 1. The molecule has 2 aromatic rings. The fourth-order valence-electron chi connectivity index (χ4n) is 2.12. The molecule has 0 saturated carbocycles.